The fourth-order valence-electron chi connectivity index (χ4n) is 3.49. The molecule has 1 aliphatic rings. The quantitative estimate of drug-likeness (QED) is 0.829. The van der Waals surface area contributed by atoms with Gasteiger partial charge in [-0.1, -0.05) is 18.5 Å². The van der Waals surface area contributed by atoms with Crippen LogP contribution in [-0.2, 0) is 0 Å². The number of nitrogens with one attached hydrogen (secondary N) is 1. The second-order valence-corrected chi connectivity index (χ2v) is 7.34. The maximum Gasteiger partial charge on any atom is 0.272 e. The first kappa shape index (κ1) is 19.4. The first-order valence-electron chi connectivity index (χ1n) is 9.34. The first-order chi connectivity index (χ1) is 13.0. The number of carbonyl (C=O) groups excluding carboxylic acids is 2. The van der Waals surface area contributed by atoms with Crippen LogP contribution in [-0.4, -0.2) is 34.3 Å². The summed E-state index contributed by atoms with van der Waals surface area (Å²) >= 11 is 5.96. The van der Waals surface area contributed by atoms with E-state index in [1.165, 1.54) is 6.20 Å². The molecule has 1 aromatic carbocycles. The van der Waals surface area contributed by atoms with E-state index in [4.69, 9.17) is 11.6 Å². The summed E-state index contributed by atoms with van der Waals surface area (Å²) in [6, 6.07) is 8.73. The lowest BCUT2D eigenvalue weighted by Crippen LogP contribution is -2.43. The standard InChI is InChI=1S/C21H24ClN3O2/c1-3-17-6-4-5-11-25(17)21(27)19-13-15(9-10-23-19)20(26)24-18-8-7-16(22)12-14(18)2/h7-10,12-13,17H,3-6,11H2,1-2H3,(H,24,26). The zero-order valence-electron chi connectivity index (χ0n) is 15.7. The molecule has 0 aliphatic carbocycles. The van der Waals surface area contributed by atoms with Crippen molar-refractivity contribution in [3.05, 3.63) is 58.4 Å². The number of halogens is 1. The molecule has 6 heteroatoms. The molecule has 0 bridgehead atoms. The van der Waals surface area contributed by atoms with Gasteiger partial charge >= 0.3 is 0 Å². The van der Waals surface area contributed by atoms with Gasteiger partial charge in [-0.3, -0.25) is 14.6 Å². The Morgan fingerprint density at radius 1 is 1.26 bits per heavy atom. The Kier molecular flexibility index (Phi) is 6.11. The smallest absolute Gasteiger partial charge is 0.272 e. The number of anilines is 1. The number of benzene rings is 1. The van der Waals surface area contributed by atoms with Crippen molar-refractivity contribution in [1.82, 2.24) is 9.88 Å². The number of nitrogens with zero attached hydrogens (tertiary/aromatic N) is 2. The van der Waals surface area contributed by atoms with Crippen LogP contribution in [0, 0.1) is 6.92 Å². The summed E-state index contributed by atoms with van der Waals surface area (Å²) in [6.07, 6.45) is 5.64. The molecule has 2 aromatic rings. The third-order valence-electron chi connectivity index (χ3n) is 5.04. The lowest BCUT2D eigenvalue weighted by atomic mass is 9.99. The number of piperidine rings is 1. The number of likely N-dealkylation sites (tertiary alicyclic amines) is 1. The second kappa shape index (κ2) is 8.53. The summed E-state index contributed by atoms with van der Waals surface area (Å²) in [7, 11) is 0. The molecule has 1 atom stereocenters. The lowest BCUT2D eigenvalue weighted by molar-refractivity contribution is 0.0602. The maximum atomic E-state index is 12.9. The van der Waals surface area contributed by atoms with Gasteiger partial charge in [-0.25, -0.2) is 0 Å². The molecule has 1 N–H and O–H groups in total. The SMILES string of the molecule is CCC1CCCCN1C(=O)c1cc(C(=O)Nc2ccc(Cl)cc2C)ccn1. The highest BCUT2D eigenvalue weighted by molar-refractivity contribution is 6.30. The van der Waals surface area contributed by atoms with Crippen molar-refractivity contribution in [2.45, 2.75) is 45.6 Å². The van der Waals surface area contributed by atoms with Crippen LogP contribution in [0.4, 0.5) is 5.69 Å². The summed E-state index contributed by atoms with van der Waals surface area (Å²) in [4.78, 5) is 31.6. The van der Waals surface area contributed by atoms with E-state index in [1.807, 2.05) is 11.8 Å². The van der Waals surface area contributed by atoms with Crippen LogP contribution in [0.2, 0.25) is 5.02 Å². The molecule has 0 saturated carbocycles. The number of rotatable bonds is 4. The van der Waals surface area contributed by atoms with Crippen LogP contribution in [0.3, 0.4) is 0 Å². The molecule has 3 rings (SSSR count). The van der Waals surface area contributed by atoms with E-state index in [-0.39, 0.29) is 17.9 Å². The van der Waals surface area contributed by atoms with Crippen molar-refractivity contribution < 1.29 is 9.59 Å². The third-order valence-corrected chi connectivity index (χ3v) is 5.27. The minimum atomic E-state index is -0.275. The van der Waals surface area contributed by atoms with Crippen LogP contribution < -0.4 is 5.32 Å². The lowest BCUT2D eigenvalue weighted by Gasteiger charge is -2.35. The molecule has 1 aromatic heterocycles. The molecule has 1 unspecified atom stereocenters. The van der Waals surface area contributed by atoms with Crippen LogP contribution in [0.15, 0.2) is 36.5 Å². The van der Waals surface area contributed by atoms with Gasteiger partial charge in [-0.2, -0.15) is 0 Å². The van der Waals surface area contributed by atoms with E-state index < -0.39 is 0 Å². The van der Waals surface area contributed by atoms with Gasteiger partial charge in [0.1, 0.15) is 5.69 Å². The van der Waals surface area contributed by atoms with Crippen molar-refractivity contribution in [3.8, 4) is 0 Å². The van der Waals surface area contributed by atoms with Gasteiger partial charge in [0.15, 0.2) is 0 Å². The largest absolute Gasteiger partial charge is 0.334 e. The molecule has 0 spiro atoms. The second-order valence-electron chi connectivity index (χ2n) is 6.90. The summed E-state index contributed by atoms with van der Waals surface area (Å²) in [5.41, 5.74) is 2.29. The molecule has 1 aliphatic heterocycles. The molecule has 1 fully saturated rings. The third kappa shape index (κ3) is 4.48. The highest BCUT2D eigenvalue weighted by Gasteiger charge is 2.27. The number of hydrogen-bond donors (Lipinski definition) is 1. The van der Waals surface area contributed by atoms with Gasteiger partial charge < -0.3 is 10.2 Å². The number of hydrogen-bond acceptors (Lipinski definition) is 3. The van der Waals surface area contributed by atoms with Gasteiger partial charge in [-0.15, -0.1) is 0 Å². The fraction of sp³-hybridized carbons (Fsp3) is 0.381. The Hall–Kier alpha value is -2.40. The van der Waals surface area contributed by atoms with Gasteiger partial charge in [0, 0.05) is 35.1 Å². The normalized spacial score (nSPS) is 16.9. The topological polar surface area (TPSA) is 62.3 Å². The average molecular weight is 386 g/mol. The Balaban J connectivity index is 1.78. The first-order valence-corrected chi connectivity index (χ1v) is 9.72. The fourth-order valence-corrected chi connectivity index (χ4v) is 3.72. The van der Waals surface area contributed by atoms with Crippen molar-refractivity contribution >= 4 is 29.1 Å². The van der Waals surface area contributed by atoms with E-state index >= 15 is 0 Å². The van der Waals surface area contributed by atoms with Crippen molar-refractivity contribution in [1.29, 1.82) is 0 Å². The number of pyridine rings is 1. The minimum Gasteiger partial charge on any atom is -0.334 e. The minimum absolute atomic E-state index is 0.0983. The van der Waals surface area contributed by atoms with Crippen LogP contribution in [0.5, 0.6) is 0 Å². The molecular weight excluding hydrogens is 362 g/mol. The van der Waals surface area contributed by atoms with E-state index in [0.717, 1.165) is 37.8 Å². The number of aromatic nitrogens is 1. The zero-order chi connectivity index (χ0) is 19.4. The van der Waals surface area contributed by atoms with Gasteiger partial charge in [-0.05, 0) is 68.5 Å². The average Bonchev–Trinajstić information content (AvgIpc) is 2.69. The monoisotopic (exact) mass is 385 g/mol. The van der Waals surface area contributed by atoms with Crippen LogP contribution in [0.25, 0.3) is 0 Å². The molecule has 142 valence electrons. The van der Waals surface area contributed by atoms with Gasteiger partial charge in [0.05, 0.1) is 0 Å². The summed E-state index contributed by atoms with van der Waals surface area (Å²) in [5.74, 6) is -0.374. The van der Waals surface area contributed by atoms with Crippen LogP contribution >= 0.6 is 11.6 Å². The zero-order valence-corrected chi connectivity index (χ0v) is 16.4. The van der Waals surface area contributed by atoms with E-state index in [2.05, 4.69) is 17.2 Å². The molecule has 27 heavy (non-hydrogen) atoms. The molecular formula is C21H24ClN3O2. The predicted octanol–water partition coefficient (Wildman–Crippen LogP) is 4.70. The maximum absolute atomic E-state index is 12.9. The highest BCUT2D eigenvalue weighted by atomic mass is 35.5. The van der Waals surface area contributed by atoms with Crippen molar-refractivity contribution in [3.63, 3.8) is 0 Å². The highest BCUT2D eigenvalue weighted by Crippen LogP contribution is 2.22. The van der Waals surface area contributed by atoms with Crippen molar-refractivity contribution in [2.24, 2.45) is 0 Å². The molecule has 2 amide bonds. The van der Waals surface area contributed by atoms with Gasteiger partial charge in [0.25, 0.3) is 11.8 Å². The van der Waals surface area contributed by atoms with Gasteiger partial charge in [0.2, 0.25) is 0 Å². The molecule has 2 heterocycles. The summed E-state index contributed by atoms with van der Waals surface area (Å²) in [6.45, 7) is 4.73. The Bertz CT molecular complexity index is 853. The number of amides is 2. The van der Waals surface area contributed by atoms with Crippen molar-refractivity contribution in [2.75, 3.05) is 11.9 Å². The van der Waals surface area contributed by atoms with Crippen LogP contribution in [0.1, 0.15) is 59.0 Å². The predicted molar refractivity (Wildman–Crippen MR) is 107 cm³/mol. The van der Waals surface area contributed by atoms with E-state index in [1.54, 1.807) is 30.3 Å². The summed E-state index contributed by atoms with van der Waals surface area (Å²) < 4.78 is 0. The summed E-state index contributed by atoms with van der Waals surface area (Å²) in [5, 5.41) is 3.49. The molecule has 1 saturated heterocycles. The molecule has 5 nitrogen and oxygen atoms in total. The Morgan fingerprint density at radius 2 is 2.07 bits per heavy atom. The Labute approximate surface area is 164 Å². The molecule has 0 radical (unpaired) electrons. The number of carbonyl (C=O) groups is 2. The van der Waals surface area contributed by atoms with E-state index in [0.29, 0.717) is 22.0 Å². The number of aryl methyl sites for hydroxylation is 1. The van der Waals surface area contributed by atoms with E-state index in [9.17, 15) is 9.59 Å². The Morgan fingerprint density at radius 3 is 2.81 bits per heavy atom.